The summed E-state index contributed by atoms with van der Waals surface area (Å²) in [7, 11) is 0. The first kappa shape index (κ1) is 21.0. The Hall–Kier alpha value is -3.22. The molecule has 0 radical (unpaired) electrons. The standard InChI is InChI=1S/C24H23ClN4O2/c25-20-8-3-9-21(13-20)28-24(31)23(30)27-15-22(18-7-4-11-26-14-18)29-12-10-17-5-1-2-6-19(17)16-29/h1-9,11,13-14,22H,10,12,15-16H2,(H,27,30)(H,28,31). The van der Waals surface area contributed by atoms with Gasteiger partial charge in [0.05, 0.1) is 6.04 Å². The largest absolute Gasteiger partial charge is 0.346 e. The molecule has 0 spiro atoms. The van der Waals surface area contributed by atoms with Crippen LogP contribution in [0, 0.1) is 0 Å². The fourth-order valence-electron chi connectivity index (χ4n) is 3.84. The zero-order valence-electron chi connectivity index (χ0n) is 16.9. The van der Waals surface area contributed by atoms with E-state index in [0.29, 0.717) is 17.3 Å². The molecule has 31 heavy (non-hydrogen) atoms. The van der Waals surface area contributed by atoms with Crippen LogP contribution in [0.4, 0.5) is 5.69 Å². The summed E-state index contributed by atoms with van der Waals surface area (Å²) in [6.45, 7) is 1.94. The minimum atomic E-state index is -0.726. The van der Waals surface area contributed by atoms with Crippen molar-refractivity contribution in [3.63, 3.8) is 0 Å². The third-order valence-electron chi connectivity index (χ3n) is 5.41. The van der Waals surface area contributed by atoms with Crippen LogP contribution >= 0.6 is 11.6 Å². The Labute approximate surface area is 186 Å². The van der Waals surface area contributed by atoms with Crippen LogP contribution in [0.2, 0.25) is 5.02 Å². The quantitative estimate of drug-likeness (QED) is 0.602. The number of rotatable bonds is 5. The molecule has 0 saturated carbocycles. The summed E-state index contributed by atoms with van der Waals surface area (Å²) in [4.78, 5) is 31.3. The first-order valence-electron chi connectivity index (χ1n) is 10.2. The number of nitrogens with one attached hydrogen (secondary N) is 2. The highest BCUT2D eigenvalue weighted by Gasteiger charge is 2.26. The molecule has 1 aliphatic rings. The molecule has 0 aliphatic carbocycles. The van der Waals surface area contributed by atoms with Gasteiger partial charge in [-0.15, -0.1) is 0 Å². The van der Waals surface area contributed by atoms with E-state index in [2.05, 4.69) is 38.7 Å². The number of anilines is 1. The van der Waals surface area contributed by atoms with Crippen molar-refractivity contribution in [1.29, 1.82) is 0 Å². The van der Waals surface area contributed by atoms with E-state index in [1.54, 1.807) is 30.5 Å². The maximum atomic E-state index is 12.5. The van der Waals surface area contributed by atoms with E-state index < -0.39 is 11.8 Å². The van der Waals surface area contributed by atoms with Gasteiger partial charge in [-0.3, -0.25) is 19.5 Å². The lowest BCUT2D eigenvalue weighted by Gasteiger charge is -2.35. The molecule has 0 fully saturated rings. The van der Waals surface area contributed by atoms with Gasteiger partial charge in [-0.2, -0.15) is 0 Å². The van der Waals surface area contributed by atoms with Crippen molar-refractivity contribution >= 4 is 29.1 Å². The SMILES string of the molecule is O=C(NCC(c1cccnc1)N1CCc2ccccc2C1)C(=O)Nc1cccc(Cl)c1. The van der Waals surface area contributed by atoms with Gasteiger partial charge >= 0.3 is 11.8 Å². The molecule has 1 aromatic heterocycles. The third kappa shape index (κ3) is 5.29. The van der Waals surface area contributed by atoms with Gasteiger partial charge in [-0.05, 0) is 47.4 Å². The molecule has 2 heterocycles. The molecule has 1 atom stereocenters. The van der Waals surface area contributed by atoms with Crippen LogP contribution in [0.25, 0.3) is 0 Å². The Balaban J connectivity index is 1.44. The topological polar surface area (TPSA) is 74.3 Å². The number of hydrogen-bond acceptors (Lipinski definition) is 4. The zero-order chi connectivity index (χ0) is 21.6. The molecule has 1 unspecified atom stereocenters. The smallest absolute Gasteiger partial charge is 0.313 e. The molecule has 2 N–H and O–H groups in total. The number of pyridine rings is 1. The lowest BCUT2D eigenvalue weighted by Crippen LogP contribution is -2.43. The second-order valence-corrected chi connectivity index (χ2v) is 7.90. The maximum Gasteiger partial charge on any atom is 0.313 e. The van der Waals surface area contributed by atoms with Gasteiger partial charge in [0.2, 0.25) is 0 Å². The van der Waals surface area contributed by atoms with E-state index in [1.165, 1.54) is 11.1 Å². The molecule has 3 aromatic rings. The first-order chi connectivity index (χ1) is 15.1. The molecule has 7 heteroatoms. The van der Waals surface area contributed by atoms with Crippen LogP contribution in [0.5, 0.6) is 0 Å². The first-order valence-corrected chi connectivity index (χ1v) is 10.5. The normalized spacial score (nSPS) is 14.4. The number of carbonyl (C=O) groups is 2. The molecule has 2 aromatic carbocycles. The van der Waals surface area contributed by atoms with E-state index in [0.717, 1.165) is 25.1 Å². The summed E-state index contributed by atoms with van der Waals surface area (Å²) >= 11 is 5.94. The van der Waals surface area contributed by atoms with Crippen molar-refractivity contribution in [3.05, 3.63) is 94.8 Å². The highest BCUT2D eigenvalue weighted by molar-refractivity contribution is 6.39. The average Bonchev–Trinajstić information content (AvgIpc) is 2.79. The third-order valence-corrected chi connectivity index (χ3v) is 5.65. The van der Waals surface area contributed by atoms with E-state index in [9.17, 15) is 9.59 Å². The van der Waals surface area contributed by atoms with Crippen LogP contribution in [-0.4, -0.2) is 34.8 Å². The number of carbonyl (C=O) groups excluding carboxylic acids is 2. The Kier molecular flexibility index (Phi) is 6.60. The molecule has 4 rings (SSSR count). The molecule has 1 aliphatic heterocycles. The summed E-state index contributed by atoms with van der Waals surface area (Å²) in [6.07, 6.45) is 4.47. The molecular weight excluding hydrogens is 412 g/mol. The Bertz CT molecular complexity index is 1070. The highest BCUT2D eigenvalue weighted by Crippen LogP contribution is 2.27. The van der Waals surface area contributed by atoms with Crippen molar-refractivity contribution in [2.75, 3.05) is 18.4 Å². The molecule has 158 valence electrons. The number of fused-ring (bicyclic) bond motifs is 1. The number of amides is 2. The predicted octanol–water partition coefficient (Wildman–Crippen LogP) is 3.59. The molecule has 2 amide bonds. The summed E-state index contributed by atoms with van der Waals surface area (Å²) in [6, 6.07) is 18.9. The van der Waals surface area contributed by atoms with Gasteiger partial charge in [0.15, 0.2) is 0 Å². The van der Waals surface area contributed by atoms with Gasteiger partial charge in [-0.25, -0.2) is 0 Å². The van der Waals surface area contributed by atoms with Gasteiger partial charge < -0.3 is 10.6 Å². The van der Waals surface area contributed by atoms with Crippen molar-refractivity contribution < 1.29 is 9.59 Å². The predicted molar refractivity (Wildman–Crippen MR) is 121 cm³/mol. The van der Waals surface area contributed by atoms with Crippen LogP contribution in [0.15, 0.2) is 73.1 Å². The minimum absolute atomic E-state index is 0.0926. The summed E-state index contributed by atoms with van der Waals surface area (Å²) in [5.41, 5.74) is 4.11. The van der Waals surface area contributed by atoms with Crippen molar-refractivity contribution in [2.24, 2.45) is 0 Å². The number of nitrogens with zero attached hydrogens (tertiary/aromatic N) is 2. The minimum Gasteiger partial charge on any atom is -0.346 e. The Morgan fingerprint density at radius 3 is 2.65 bits per heavy atom. The lowest BCUT2D eigenvalue weighted by atomic mass is 9.97. The van der Waals surface area contributed by atoms with Gasteiger partial charge in [0, 0.05) is 42.7 Å². The Morgan fingerprint density at radius 2 is 1.87 bits per heavy atom. The van der Waals surface area contributed by atoms with Crippen molar-refractivity contribution in [3.8, 4) is 0 Å². The summed E-state index contributed by atoms with van der Waals surface area (Å²) in [5.74, 6) is -1.41. The van der Waals surface area contributed by atoms with Gasteiger partial charge in [0.1, 0.15) is 0 Å². The molecule has 0 bridgehead atoms. The van der Waals surface area contributed by atoms with Crippen molar-refractivity contribution in [2.45, 2.75) is 19.0 Å². The van der Waals surface area contributed by atoms with Crippen LogP contribution < -0.4 is 10.6 Å². The Morgan fingerprint density at radius 1 is 1.03 bits per heavy atom. The van der Waals surface area contributed by atoms with E-state index in [4.69, 9.17) is 11.6 Å². The fourth-order valence-corrected chi connectivity index (χ4v) is 4.03. The van der Waals surface area contributed by atoms with E-state index in [1.807, 2.05) is 24.4 Å². The monoisotopic (exact) mass is 434 g/mol. The van der Waals surface area contributed by atoms with E-state index >= 15 is 0 Å². The summed E-state index contributed by atoms with van der Waals surface area (Å²) < 4.78 is 0. The second-order valence-electron chi connectivity index (χ2n) is 7.47. The van der Waals surface area contributed by atoms with Gasteiger partial charge in [0.25, 0.3) is 0 Å². The average molecular weight is 435 g/mol. The molecule has 0 saturated heterocycles. The van der Waals surface area contributed by atoms with Crippen LogP contribution in [0.3, 0.4) is 0 Å². The van der Waals surface area contributed by atoms with Crippen LogP contribution in [0.1, 0.15) is 22.7 Å². The highest BCUT2D eigenvalue weighted by atomic mass is 35.5. The van der Waals surface area contributed by atoms with Gasteiger partial charge in [-0.1, -0.05) is 48.0 Å². The maximum absolute atomic E-state index is 12.5. The molecule has 6 nitrogen and oxygen atoms in total. The fraction of sp³-hybridized carbons (Fsp3) is 0.208. The number of aromatic nitrogens is 1. The van der Waals surface area contributed by atoms with Crippen molar-refractivity contribution in [1.82, 2.24) is 15.2 Å². The van der Waals surface area contributed by atoms with E-state index in [-0.39, 0.29) is 6.04 Å². The number of hydrogen-bond donors (Lipinski definition) is 2. The molecular formula is C24H23ClN4O2. The zero-order valence-corrected chi connectivity index (χ0v) is 17.7. The number of halogens is 1. The number of benzene rings is 2. The summed E-state index contributed by atoms with van der Waals surface area (Å²) in [5, 5.41) is 5.85. The van der Waals surface area contributed by atoms with Crippen LogP contribution in [-0.2, 0) is 22.6 Å². The lowest BCUT2D eigenvalue weighted by molar-refractivity contribution is -0.136. The second kappa shape index (κ2) is 9.73.